The highest BCUT2D eigenvalue weighted by molar-refractivity contribution is 4.63. The fraction of sp³-hybridized carbons (Fsp3) is 1.00. The Kier molecular flexibility index (Phi) is 6.91. The van der Waals surface area contributed by atoms with Gasteiger partial charge >= 0.3 is 0 Å². The quantitative estimate of drug-likeness (QED) is 0.583. The van der Waals surface area contributed by atoms with E-state index in [0.29, 0.717) is 12.6 Å². The van der Waals surface area contributed by atoms with Gasteiger partial charge in [0.1, 0.15) is 0 Å². The maximum absolute atomic E-state index is 5.31. The summed E-state index contributed by atoms with van der Waals surface area (Å²) in [4.78, 5) is 0. The summed E-state index contributed by atoms with van der Waals surface area (Å²) in [7, 11) is 3.25. The second-order valence-electron chi connectivity index (χ2n) is 2.28. The highest BCUT2D eigenvalue weighted by Gasteiger charge is 2.11. The van der Waals surface area contributed by atoms with E-state index in [0.717, 1.165) is 13.0 Å². The minimum absolute atomic E-state index is 0.375. The molecule has 1 fully saturated rings. The lowest BCUT2D eigenvalue weighted by molar-refractivity contribution is 0.117. The van der Waals surface area contributed by atoms with Gasteiger partial charge in [0, 0.05) is 27.4 Å². The Balaban J connectivity index is 0.000000236. The van der Waals surface area contributed by atoms with Crippen LogP contribution in [-0.2, 0) is 9.47 Å². The molecule has 0 aromatic heterocycles. The predicted octanol–water partition coefficient (Wildman–Crippen LogP) is 0.387. The van der Waals surface area contributed by atoms with Crippen molar-refractivity contribution in [3.63, 3.8) is 0 Å². The van der Waals surface area contributed by atoms with Crippen LogP contribution in [0.4, 0.5) is 0 Å². The number of nitrogens with two attached hydrogens (primary N) is 1. The molecule has 0 aliphatic carbocycles. The lowest BCUT2D eigenvalue weighted by atomic mass is 10.2. The van der Waals surface area contributed by atoms with E-state index < -0.39 is 0 Å². The van der Waals surface area contributed by atoms with Crippen LogP contribution in [0, 0.1) is 0 Å². The van der Waals surface area contributed by atoms with Crippen LogP contribution in [0.2, 0.25) is 0 Å². The Morgan fingerprint density at radius 1 is 1.60 bits per heavy atom. The van der Waals surface area contributed by atoms with Crippen LogP contribution in [0.15, 0.2) is 0 Å². The van der Waals surface area contributed by atoms with Gasteiger partial charge in [-0.05, 0) is 12.8 Å². The van der Waals surface area contributed by atoms with Gasteiger partial charge < -0.3 is 15.2 Å². The Morgan fingerprint density at radius 3 is 2.40 bits per heavy atom. The SMILES string of the molecule is COC.NCC1CCCO1. The van der Waals surface area contributed by atoms with Crippen molar-refractivity contribution in [3.8, 4) is 0 Å². The third kappa shape index (κ3) is 4.73. The van der Waals surface area contributed by atoms with Crippen molar-refractivity contribution in [3.05, 3.63) is 0 Å². The summed E-state index contributed by atoms with van der Waals surface area (Å²) < 4.78 is 9.43. The van der Waals surface area contributed by atoms with Crippen molar-refractivity contribution >= 4 is 0 Å². The molecule has 1 saturated heterocycles. The van der Waals surface area contributed by atoms with Crippen LogP contribution in [0.5, 0.6) is 0 Å². The van der Waals surface area contributed by atoms with E-state index in [1.165, 1.54) is 6.42 Å². The monoisotopic (exact) mass is 147 g/mol. The fourth-order valence-corrected chi connectivity index (χ4v) is 0.830. The third-order valence-corrected chi connectivity index (χ3v) is 1.29. The van der Waals surface area contributed by atoms with E-state index in [-0.39, 0.29) is 0 Å². The Bertz CT molecular complexity index is 62.6. The molecule has 0 bridgehead atoms. The van der Waals surface area contributed by atoms with E-state index in [1.54, 1.807) is 14.2 Å². The average molecular weight is 147 g/mol. The maximum atomic E-state index is 5.31. The lowest BCUT2D eigenvalue weighted by Crippen LogP contribution is -2.17. The van der Waals surface area contributed by atoms with E-state index in [2.05, 4.69) is 4.74 Å². The minimum atomic E-state index is 0.375. The first-order chi connectivity index (χ1) is 4.85. The van der Waals surface area contributed by atoms with Gasteiger partial charge in [-0.2, -0.15) is 0 Å². The maximum Gasteiger partial charge on any atom is 0.0698 e. The zero-order valence-corrected chi connectivity index (χ0v) is 6.80. The molecule has 3 nitrogen and oxygen atoms in total. The molecule has 0 radical (unpaired) electrons. The van der Waals surface area contributed by atoms with Crippen LogP contribution in [0.3, 0.4) is 0 Å². The van der Waals surface area contributed by atoms with Gasteiger partial charge in [0.25, 0.3) is 0 Å². The molecule has 0 saturated carbocycles. The van der Waals surface area contributed by atoms with E-state index in [9.17, 15) is 0 Å². The van der Waals surface area contributed by atoms with E-state index >= 15 is 0 Å². The van der Waals surface area contributed by atoms with Gasteiger partial charge in [-0.15, -0.1) is 0 Å². The van der Waals surface area contributed by atoms with Gasteiger partial charge in [-0.1, -0.05) is 0 Å². The first kappa shape index (κ1) is 9.88. The minimum Gasteiger partial charge on any atom is -0.388 e. The summed E-state index contributed by atoms with van der Waals surface area (Å²) in [6, 6.07) is 0. The fourth-order valence-electron chi connectivity index (χ4n) is 0.830. The van der Waals surface area contributed by atoms with Gasteiger partial charge in [0.05, 0.1) is 6.10 Å². The largest absolute Gasteiger partial charge is 0.388 e. The molecule has 1 aliphatic rings. The molecule has 1 heterocycles. The topological polar surface area (TPSA) is 44.5 Å². The van der Waals surface area contributed by atoms with E-state index in [1.807, 2.05) is 0 Å². The molecule has 3 heteroatoms. The van der Waals surface area contributed by atoms with Crippen LogP contribution < -0.4 is 5.73 Å². The van der Waals surface area contributed by atoms with Crippen molar-refractivity contribution in [1.82, 2.24) is 0 Å². The average Bonchev–Trinajstić information content (AvgIpc) is 2.39. The second-order valence-corrected chi connectivity index (χ2v) is 2.28. The molecule has 0 aromatic carbocycles. The highest BCUT2D eigenvalue weighted by atomic mass is 16.5. The summed E-state index contributed by atoms with van der Waals surface area (Å²) >= 11 is 0. The summed E-state index contributed by atoms with van der Waals surface area (Å²) in [5.41, 5.74) is 5.31. The van der Waals surface area contributed by atoms with Crippen LogP contribution in [0.25, 0.3) is 0 Å². The normalized spacial score (nSPS) is 23.7. The molecule has 1 atom stereocenters. The lowest BCUT2D eigenvalue weighted by Gasteiger charge is -2.01. The molecule has 62 valence electrons. The molecule has 1 unspecified atom stereocenters. The van der Waals surface area contributed by atoms with E-state index in [4.69, 9.17) is 10.5 Å². The molecule has 2 N–H and O–H groups in total. The molecule has 0 aromatic rings. The van der Waals surface area contributed by atoms with Crippen molar-refractivity contribution in [2.75, 3.05) is 27.4 Å². The molecular weight excluding hydrogens is 130 g/mol. The molecule has 10 heavy (non-hydrogen) atoms. The molecule has 1 rings (SSSR count). The Hall–Kier alpha value is -0.120. The van der Waals surface area contributed by atoms with Crippen molar-refractivity contribution in [2.24, 2.45) is 5.73 Å². The number of hydrogen-bond acceptors (Lipinski definition) is 3. The molecule has 1 aliphatic heterocycles. The van der Waals surface area contributed by atoms with Gasteiger partial charge in [0.15, 0.2) is 0 Å². The predicted molar refractivity (Wildman–Crippen MR) is 41.0 cm³/mol. The van der Waals surface area contributed by atoms with Gasteiger partial charge in [-0.25, -0.2) is 0 Å². The first-order valence-electron chi connectivity index (χ1n) is 3.57. The number of rotatable bonds is 1. The number of ether oxygens (including phenoxy) is 2. The summed E-state index contributed by atoms with van der Waals surface area (Å²) in [5, 5.41) is 0. The van der Waals surface area contributed by atoms with Crippen LogP contribution in [0.1, 0.15) is 12.8 Å². The van der Waals surface area contributed by atoms with Crippen LogP contribution in [-0.4, -0.2) is 33.5 Å². The van der Waals surface area contributed by atoms with Crippen LogP contribution >= 0.6 is 0 Å². The van der Waals surface area contributed by atoms with Crippen molar-refractivity contribution < 1.29 is 9.47 Å². The number of methoxy groups -OCH3 is 1. The molecular formula is C7H17NO2. The third-order valence-electron chi connectivity index (χ3n) is 1.29. The summed E-state index contributed by atoms with van der Waals surface area (Å²) in [6.45, 7) is 1.61. The zero-order chi connectivity index (χ0) is 7.82. The smallest absolute Gasteiger partial charge is 0.0698 e. The Labute approximate surface area is 62.5 Å². The van der Waals surface area contributed by atoms with Crippen molar-refractivity contribution in [2.45, 2.75) is 18.9 Å². The molecule has 0 spiro atoms. The highest BCUT2D eigenvalue weighted by Crippen LogP contribution is 2.09. The molecule has 0 amide bonds. The van der Waals surface area contributed by atoms with Crippen molar-refractivity contribution in [1.29, 1.82) is 0 Å². The summed E-state index contributed by atoms with van der Waals surface area (Å²) in [5.74, 6) is 0. The zero-order valence-electron chi connectivity index (χ0n) is 6.80. The number of hydrogen-bond donors (Lipinski definition) is 1. The van der Waals surface area contributed by atoms with Gasteiger partial charge in [0.2, 0.25) is 0 Å². The Morgan fingerprint density at radius 2 is 2.20 bits per heavy atom. The first-order valence-corrected chi connectivity index (χ1v) is 3.57. The standard InChI is InChI=1S/C5H11NO.C2H6O/c6-4-5-2-1-3-7-5;1-3-2/h5H,1-4,6H2;1-2H3. The van der Waals surface area contributed by atoms with Gasteiger partial charge in [-0.3, -0.25) is 0 Å². The summed E-state index contributed by atoms with van der Waals surface area (Å²) in [6.07, 6.45) is 2.73. The second kappa shape index (κ2) is 6.99.